The molecule has 0 aliphatic heterocycles. The molecule has 0 radical (unpaired) electrons. The van der Waals surface area contributed by atoms with Gasteiger partial charge in [0.1, 0.15) is 6.61 Å². The third-order valence-electron chi connectivity index (χ3n) is 3.36. The number of carbonyl (C=O) groups is 1. The maximum atomic E-state index is 10.8. The van der Waals surface area contributed by atoms with Gasteiger partial charge in [0, 0.05) is 30.1 Å². The first kappa shape index (κ1) is 18.4. The molecule has 0 saturated carbocycles. The van der Waals surface area contributed by atoms with Crippen LogP contribution in [0.5, 0.6) is 0 Å². The Morgan fingerprint density at radius 3 is 2.88 bits per heavy atom. The Hall–Kier alpha value is -1.99. The molecule has 5 nitrogen and oxygen atoms in total. The highest BCUT2D eigenvalue weighted by Crippen LogP contribution is 2.26. The first-order chi connectivity index (χ1) is 11.6. The van der Waals surface area contributed by atoms with Gasteiger partial charge in [-0.25, -0.2) is 0 Å². The lowest BCUT2D eigenvalue weighted by atomic mass is 10.1. The predicted octanol–water partition coefficient (Wildman–Crippen LogP) is 2.76. The molecule has 2 heterocycles. The maximum Gasteiger partial charge on any atom is 0.302 e. The number of hydrogen-bond donors (Lipinski definition) is 2. The van der Waals surface area contributed by atoms with E-state index >= 15 is 0 Å². The topological polar surface area (TPSA) is 63.2 Å². The van der Waals surface area contributed by atoms with Crippen LogP contribution in [-0.2, 0) is 16.0 Å². The summed E-state index contributed by atoms with van der Waals surface area (Å²) in [5, 5.41) is 9.03. The Morgan fingerprint density at radius 2 is 2.25 bits per heavy atom. The standard InChI is InChI=1S/C17H21N3O2S2/c1-12-6-10-24-16(12)15(11-14-5-3-4-7-18-14)20-17(23)19-8-9-22-13(2)21/h3-7,10,15H,8-9,11H2,1-2H3,(H2,19,20,23). The van der Waals surface area contributed by atoms with E-state index < -0.39 is 0 Å². The third kappa shape index (κ3) is 5.90. The average Bonchev–Trinajstić information content (AvgIpc) is 2.98. The van der Waals surface area contributed by atoms with Crippen molar-refractivity contribution in [2.75, 3.05) is 13.2 Å². The number of thiophene rings is 1. The summed E-state index contributed by atoms with van der Waals surface area (Å²) in [5.74, 6) is -0.294. The van der Waals surface area contributed by atoms with Crippen LogP contribution in [-0.4, -0.2) is 29.2 Å². The van der Waals surface area contributed by atoms with E-state index in [1.165, 1.54) is 17.4 Å². The van der Waals surface area contributed by atoms with E-state index in [1.54, 1.807) is 17.5 Å². The Kier molecular flexibility index (Phi) is 7.14. The number of hydrogen-bond acceptors (Lipinski definition) is 5. The number of esters is 1. The van der Waals surface area contributed by atoms with Crippen molar-refractivity contribution in [3.05, 3.63) is 52.0 Å². The summed E-state index contributed by atoms with van der Waals surface area (Å²) < 4.78 is 4.89. The molecular formula is C17H21N3O2S2. The van der Waals surface area contributed by atoms with E-state index in [0.29, 0.717) is 18.3 Å². The summed E-state index contributed by atoms with van der Waals surface area (Å²) in [7, 11) is 0. The summed E-state index contributed by atoms with van der Waals surface area (Å²) in [6.45, 7) is 4.25. The van der Waals surface area contributed by atoms with Crippen LogP contribution in [0.15, 0.2) is 35.8 Å². The SMILES string of the molecule is CC(=O)OCCNC(=S)NC(Cc1ccccn1)c1sccc1C. The van der Waals surface area contributed by atoms with Gasteiger partial charge in [-0.3, -0.25) is 9.78 Å². The number of nitrogens with zero attached hydrogens (tertiary/aromatic N) is 1. The molecule has 0 amide bonds. The molecule has 0 fully saturated rings. The quantitative estimate of drug-likeness (QED) is 0.448. The number of carbonyl (C=O) groups excluding carboxylic acids is 1. The van der Waals surface area contributed by atoms with Gasteiger partial charge in [0.25, 0.3) is 0 Å². The Labute approximate surface area is 151 Å². The summed E-state index contributed by atoms with van der Waals surface area (Å²) in [5.41, 5.74) is 2.24. The minimum Gasteiger partial charge on any atom is -0.464 e. The van der Waals surface area contributed by atoms with Crippen LogP contribution in [0.25, 0.3) is 0 Å². The lowest BCUT2D eigenvalue weighted by Gasteiger charge is -2.21. The van der Waals surface area contributed by atoms with Crippen LogP contribution in [0.4, 0.5) is 0 Å². The molecule has 0 aromatic carbocycles. The molecule has 1 unspecified atom stereocenters. The zero-order chi connectivity index (χ0) is 17.4. The second-order valence-electron chi connectivity index (χ2n) is 5.29. The lowest BCUT2D eigenvalue weighted by molar-refractivity contribution is -0.140. The normalized spacial score (nSPS) is 11.6. The zero-order valence-electron chi connectivity index (χ0n) is 13.7. The summed E-state index contributed by atoms with van der Waals surface area (Å²) in [4.78, 5) is 16.4. The van der Waals surface area contributed by atoms with Crippen molar-refractivity contribution in [2.24, 2.45) is 0 Å². The Balaban J connectivity index is 1.97. The van der Waals surface area contributed by atoms with Gasteiger partial charge in [-0.2, -0.15) is 0 Å². The molecule has 2 N–H and O–H groups in total. The number of aromatic nitrogens is 1. The zero-order valence-corrected chi connectivity index (χ0v) is 15.4. The third-order valence-corrected chi connectivity index (χ3v) is 4.75. The monoisotopic (exact) mass is 363 g/mol. The number of thiocarbonyl (C=S) groups is 1. The van der Waals surface area contributed by atoms with Crippen LogP contribution in [0, 0.1) is 6.92 Å². The Morgan fingerprint density at radius 1 is 1.42 bits per heavy atom. The molecule has 0 bridgehead atoms. The number of rotatable bonds is 7. The smallest absolute Gasteiger partial charge is 0.302 e. The maximum absolute atomic E-state index is 10.8. The van der Waals surface area contributed by atoms with Crippen molar-refractivity contribution in [3.8, 4) is 0 Å². The van der Waals surface area contributed by atoms with Gasteiger partial charge in [0.15, 0.2) is 5.11 Å². The fraction of sp³-hybridized carbons (Fsp3) is 0.353. The number of ether oxygens (including phenoxy) is 1. The van der Waals surface area contributed by atoms with Gasteiger partial charge in [0.2, 0.25) is 0 Å². The minimum atomic E-state index is -0.294. The summed E-state index contributed by atoms with van der Waals surface area (Å²) >= 11 is 7.07. The average molecular weight is 364 g/mol. The lowest BCUT2D eigenvalue weighted by Crippen LogP contribution is -2.40. The van der Waals surface area contributed by atoms with E-state index in [-0.39, 0.29) is 12.0 Å². The van der Waals surface area contributed by atoms with Crippen LogP contribution >= 0.6 is 23.6 Å². The molecule has 2 aromatic rings. The van der Waals surface area contributed by atoms with Crippen molar-refractivity contribution in [3.63, 3.8) is 0 Å². The first-order valence-corrected chi connectivity index (χ1v) is 8.96. The number of aryl methyl sites for hydroxylation is 1. The highest BCUT2D eigenvalue weighted by Gasteiger charge is 2.17. The largest absolute Gasteiger partial charge is 0.464 e. The molecule has 7 heteroatoms. The first-order valence-electron chi connectivity index (χ1n) is 7.68. The van der Waals surface area contributed by atoms with Crippen LogP contribution in [0.3, 0.4) is 0 Å². The van der Waals surface area contributed by atoms with Crippen molar-refractivity contribution < 1.29 is 9.53 Å². The van der Waals surface area contributed by atoms with Gasteiger partial charge >= 0.3 is 5.97 Å². The van der Waals surface area contributed by atoms with Gasteiger partial charge in [-0.05, 0) is 48.3 Å². The van der Waals surface area contributed by atoms with E-state index in [4.69, 9.17) is 17.0 Å². The molecule has 2 rings (SSSR count). The van der Waals surface area contributed by atoms with Crippen molar-refractivity contribution in [2.45, 2.75) is 26.3 Å². The molecule has 0 spiro atoms. The van der Waals surface area contributed by atoms with E-state index in [0.717, 1.165) is 12.1 Å². The predicted molar refractivity (Wildman–Crippen MR) is 100 cm³/mol. The van der Waals surface area contributed by atoms with Gasteiger partial charge in [-0.1, -0.05) is 6.07 Å². The van der Waals surface area contributed by atoms with Gasteiger partial charge in [0.05, 0.1) is 12.6 Å². The fourth-order valence-electron chi connectivity index (χ4n) is 2.25. The molecule has 0 aliphatic rings. The summed E-state index contributed by atoms with van der Waals surface area (Å²) in [6.07, 6.45) is 2.54. The van der Waals surface area contributed by atoms with Crippen LogP contribution in [0.1, 0.15) is 29.1 Å². The van der Waals surface area contributed by atoms with Crippen LogP contribution in [0.2, 0.25) is 0 Å². The molecule has 0 saturated heterocycles. The number of nitrogens with one attached hydrogen (secondary N) is 2. The fourth-order valence-corrected chi connectivity index (χ4v) is 3.47. The minimum absolute atomic E-state index is 0.0497. The Bertz CT molecular complexity index is 673. The number of pyridine rings is 1. The van der Waals surface area contributed by atoms with Crippen molar-refractivity contribution >= 4 is 34.6 Å². The highest BCUT2D eigenvalue weighted by molar-refractivity contribution is 7.80. The second kappa shape index (κ2) is 9.34. The molecule has 1 atom stereocenters. The molecule has 2 aromatic heterocycles. The molecular weight excluding hydrogens is 342 g/mol. The highest BCUT2D eigenvalue weighted by atomic mass is 32.1. The molecule has 128 valence electrons. The second-order valence-corrected chi connectivity index (χ2v) is 6.64. The molecule has 24 heavy (non-hydrogen) atoms. The van der Waals surface area contributed by atoms with Crippen LogP contribution < -0.4 is 10.6 Å². The van der Waals surface area contributed by atoms with Crippen molar-refractivity contribution in [1.29, 1.82) is 0 Å². The van der Waals surface area contributed by atoms with E-state index in [9.17, 15) is 4.79 Å². The van der Waals surface area contributed by atoms with Gasteiger partial charge in [-0.15, -0.1) is 11.3 Å². The summed E-state index contributed by atoms with van der Waals surface area (Å²) in [6, 6.07) is 8.05. The van der Waals surface area contributed by atoms with E-state index in [2.05, 4.69) is 34.0 Å². The van der Waals surface area contributed by atoms with E-state index in [1.807, 2.05) is 18.2 Å². The van der Waals surface area contributed by atoms with Crippen molar-refractivity contribution in [1.82, 2.24) is 15.6 Å². The molecule has 0 aliphatic carbocycles. The van der Waals surface area contributed by atoms with Gasteiger partial charge < -0.3 is 15.4 Å².